The van der Waals surface area contributed by atoms with Gasteiger partial charge in [-0.15, -0.1) is 0 Å². The molecular formula is C14H26N4O2. The number of nitrogens with one attached hydrogen (secondary N) is 1. The Hall–Kier alpha value is -1.24. The molecule has 0 saturated carbocycles. The predicted octanol–water partition coefficient (Wildman–Crippen LogP) is 1.39. The maximum Gasteiger partial charge on any atom is 0.144 e. The summed E-state index contributed by atoms with van der Waals surface area (Å²) in [5.74, 6) is 0.810. The van der Waals surface area contributed by atoms with Crippen LogP contribution in [0.2, 0.25) is 0 Å². The van der Waals surface area contributed by atoms with Crippen molar-refractivity contribution in [1.82, 2.24) is 14.9 Å². The van der Waals surface area contributed by atoms with Crippen molar-refractivity contribution in [3.8, 4) is 0 Å². The first-order valence-corrected chi connectivity index (χ1v) is 6.98. The molecule has 0 radical (unpaired) electrons. The Morgan fingerprint density at radius 2 is 2.05 bits per heavy atom. The molecule has 0 fully saturated rings. The highest BCUT2D eigenvalue weighted by atomic mass is 16.5. The number of hydrogen-bond acceptors (Lipinski definition) is 6. The van der Waals surface area contributed by atoms with Crippen molar-refractivity contribution in [2.45, 2.75) is 26.4 Å². The van der Waals surface area contributed by atoms with Crippen LogP contribution < -0.4 is 5.32 Å². The Bertz CT molecular complexity index is 359. The van der Waals surface area contributed by atoms with Crippen molar-refractivity contribution in [1.29, 1.82) is 0 Å². The van der Waals surface area contributed by atoms with E-state index in [2.05, 4.69) is 27.1 Å². The summed E-state index contributed by atoms with van der Waals surface area (Å²) in [6.07, 6.45) is 3.59. The van der Waals surface area contributed by atoms with Gasteiger partial charge in [0.2, 0.25) is 0 Å². The number of anilines is 1. The monoisotopic (exact) mass is 282 g/mol. The number of hydrogen-bond donors (Lipinski definition) is 1. The SMILES string of the molecule is CCNc1cnc(CN(CCOC)C(C)COC)cn1. The van der Waals surface area contributed by atoms with Crippen molar-refractivity contribution < 1.29 is 9.47 Å². The van der Waals surface area contributed by atoms with E-state index in [-0.39, 0.29) is 0 Å². The quantitative estimate of drug-likeness (QED) is 0.700. The molecule has 1 unspecified atom stereocenters. The molecule has 0 bridgehead atoms. The molecule has 1 N–H and O–H groups in total. The Morgan fingerprint density at radius 1 is 1.25 bits per heavy atom. The van der Waals surface area contributed by atoms with E-state index in [0.717, 1.165) is 31.1 Å². The molecule has 0 spiro atoms. The smallest absolute Gasteiger partial charge is 0.144 e. The minimum Gasteiger partial charge on any atom is -0.383 e. The molecule has 1 atom stereocenters. The lowest BCUT2D eigenvalue weighted by molar-refractivity contribution is 0.0697. The molecule has 0 aliphatic rings. The number of aromatic nitrogens is 2. The van der Waals surface area contributed by atoms with Gasteiger partial charge in [-0.1, -0.05) is 0 Å². The molecule has 0 aliphatic carbocycles. The second-order valence-electron chi connectivity index (χ2n) is 4.69. The van der Waals surface area contributed by atoms with Gasteiger partial charge in [0.1, 0.15) is 5.82 Å². The second kappa shape index (κ2) is 9.63. The van der Waals surface area contributed by atoms with Crippen molar-refractivity contribution >= 4 is 5.82 Å². The van der Waals surface area contributed by atoms with Crippen LogP contribution in [-0.4, -0.2) is 61.4 Å². The fourth-order valence-corrected chi connectivity index (χ4v) is 1.93. The van der Waals surface area contributed by atoms with E-state index in [9.17, 15) is 0 Å². The number of methoxy groups -OCH3 is 2. The minimum absolute atomic E-state index is 0.311. The largest absolute Gasteiger partial charge is 0.383 e. The first-order valence-electron chi connectivity index (χ1n) is 6.98. The van der Waals surface area contributed by atoms with Crippen LogP contribution in [0.25, 0.3) is 0 Å². The summed E-state index contributed by atoms with van der Waals surface area (Å²) in [6.45, 7) is 7.99. The van der Waals surface area contributed by atoms with Crippen LogP contribution in [0.1, 0.15) is 19.5 Å². The van der Waals surface area contributed by atoms with Crippen LogP contribution in [0.5, 0.6) is 0 Å². The van der Waals surface area contributed by atoms with Crippen LogP contribution in [0.3, 0.4) is 0 Å². The van der Waals surface area contributed by atoms with Crippen LogP contribution in [-0.2, 0) is 16.0 Å². The Balaban J connectivity index is 2.62. The van der Waals surface area contributed by atoms with Crippen LogP contribution >= 0.6 is 0 Å². The van der Waals surface area contributed by atoms with E-state index >= 15 is 0 Å². The average molecular weight is 282 g/mol. The van der Waals surface area contributed by atoms with Gasteiger partial charge in [0, 0.05) is 39.9 Å². The number of nitrogens with zero attached hydrogens (tertiary/aromatic N) is 3. The highest BCUT2D eigenvalue weighted by Crippen LogP contribution is 2.08. The highest BCUT2D eigenvalue weighted by Gasteiger charge is 2.14. The summed E-state index contributed by atoms with van der Waals surface area (Å²) in [5, 5.41) is 3.14. The molecular weight excluding hydrogens is 256 g/mol. The summed E-state index contributed by atoms with van der Waals surface area (Å²) < 4.78 is 10.4. The Kier molecular flexibility index (Phi) is 8.10. The van der Waals surface area contributed by atoms with E-state index in [1.54, 1.807) is 20.4 Å². The van der Waals surface area contributed by atoms with Gasteiger partial charge in [0.25, 0.3) is 0 Å². The van der Waals surface area contributed by atoms with Crippen LogP contribution in [0, 0.1) is 0 Å². The van der Waals surface area contributed by atoms with Crippen molar-refractivity contribution in [3.05, 3.63) is 18.1 Å². The first-order chi connectivity index (χ1) is 9.71. The maximum atomic E-state index is 5.22. The summed E-state index contributed by atoms with van der Waals surface area (Å²) in [7, 11) is 3.43. The molecule has 0 amide bonds. The van der Waals surface area contributed by atoms with Gasteiger partial charge in [0.15, 0.2) is 0 Å². The van der Waals surface area contributed by atoms with Gasteiger partial charge >= 0.3 is 0 Å². The molecule has 1 aromatic heterocycles. The zero-order valence-corrected chi connectivity index (χ0v) is 12.9. The maximum absolute atomic E-state index is 5.22. The summed E-state index contributed by atoms with van der Waals surface area (Å²) in [4.78, 5) is 11.1. The summed E-state index contributed by atoms with van der Waals surface area (Å²) in [6, 6.07) is 0.311. The van der Waals surface area contributed by atoms with Gasteiger partial charge in [-0.25, -0.2) is 4.98 Å². The van der Waals surface area contributed by atoms with E-state index in [1.165, 1.54) is 0 Å². The van der Waals surface area contributed by atoms with Crippen molar-refractivity contribution in [3.63, 3.8) is 0 Å². The predicted molar refractivity (Wildman–Crippen MR) is 79.8 cm³/mol. The van der Waals surface area contributed by atoms with Gasteiger partial charge in [-0.2, -0.15) is 0 Å². The van der Waals surface area contributed by atoms with E-state index in [0.29, 0.717) is 19.3 Å². The van der Waals surface area contributed by atoms with Crippen molar-refractivity contribution in [2.24, 2.45) is 0 Å². The first kappa shape index (κ1) is 16.8. The minimum atomic E-state index is 0.311. The molecule has 0 saturated heterocycles. The molecule has 6 heteroatoms. The van der Waals surface area contributed by atoms with E-state index in [4.69, 9.17) is 9.47 Å². The molecule has 20 heavy (non-hydrogen) atoms. The van der Waals surface area contributed by atoms with E-state index in [1.807, 2.05) is 13.1 Å². The van der Waals surface area contributed by atoms with Gasteiger partial charge in [0.05, 0.1) is 31.3 Å². The zero-order valence-electron chi connectivity index (χ0n) is 12.9. The van der Waals surface area contributed by atoms with Crippen molar-refractivity contribution in [2.75, 3.05) is 45.8 Å². The third-order valence-electron chi connectivity index (χ3n) is 3.04. The van der Waals surface area contributed by atoms with Gasteiger partial charge in [-0.3, -0.25) is 9.88 Å². The number of rotatable bonds is 10. The fraction of sp³-hybridized carbons (Fsp3) is 0.714. The second-order valence-corrected chi connectivity index (χ2v) is 4.69. The van der Waals surface area contributed by atoms with E-state index < -0.39 is 0 Å². The third kappa shape index (κ3) is 5.81. The van der Waals surface area contributed by atoms with Gasteiger partial charge < -0.3 is 14.8 Å². The lowest BCUT2D eigenvalue weighted by atomic mass is 10.2. The lowest BCUT2D eigenvalue weighted by Gasteiger charge is -2.27. The lowest BCUT2D eigenvalue weighted by Crippen LogP contribution is -2.38. The topological polar surface area (TPSA) is 59.5 Å². The Labute approximate surface area is 121 Å². The molecule has 6 nitrogen and oxygen atoms in total. The normalized spacial score (nSPS) is 12.7. The van der Waals surface area contributed by atoms with Gasteiger partial charge in [-0.05, 0) is 13.8 Å². The summed E-state index contributed by atoms with van der Waals surface area (Å²) in [5.41, 5.74) is 0.950. The molecule has 1 rings (SSSR count). The molecule has 1 aromatic rings. The fourth-order valence-electron chi connectivity index (χ4n) is 1.93. The van der Waals surface area contributed by atoms with Crippen LogP contribution in [0.4, 0.5) is 5.82 Å². The third-order valence-corrected chi connectivity index (χ3v) is 3.04. The number of ether oxygens (including phenoxy) is 2. The molecule has 0 aromatic carbocycles. The Morgan fingerprint density at radius 3 is 2.60 bits per heavy atom. The van der Waals surface area contributed by atoms with Crippen LogP contribution in [0.15, 0.2) is 12.4 Å². The highest BCUT2D eigenvalue weighted by molar-refractivity contribution is 5.30. The summed E-state index contributed by atoms with van der Waals surface area (Å²) >= 11 is 0. The zero-order chi connectivity index (χ0) is 14.8. The molecule has 1 heterocycles. The molecule has 0 aliphatic heterocycles. The molecule has 114 valence electrons. The average Bonchev–Trinajstić information content (AvgIpc) is 2.45. The standard InChI is InChI=1S/C14H26N4O2/c1-5-15-14-9-16-13(8-17-14)10-18(6-7-19-3)12(2)11-20-4/h8-9,12H,5-7,10-11H2,1-4H3,(H,15,17).